The standard InChI is InChI=1S/C13H23NSi/c1-11(14(2)3)12-9-7-8-10-13(12)15(4,5)6/h7-11H,1-6H3. The normalized spacial score (nSPS) is 14.3. The molecule has 0 saturated carbocycles. The van der Waals surface area contributed by atoms with Crippen LogP contribution in [-0.4, -0.2) is 27.1 Å². The second-order valence-corrected chi connectivity index (χ2v) is 10.5. The third-order valence-electron chi connectivity index (χ3n) is 2.99. The second-order valence-electron chi connectivity index (χ2n) is 5.48. The van der Waals surface area contributed by atoms with E-state index >= 15 is 0 Å². The molecule has 0 bridgehead atoms. The van der Waals surface area contributed by atoms with Crippen molar-refractivity contribution in [3.05, 3.63) is 29.8 Å². The molecule has 0 aliphatic carbocycles. The fraction of sp³-hybridized carbons (Fsp3) is 0.538. The Morgan fingerprint density at radius 3 is 2.07 bits per heavy atom. The Hall–Kier alpha value is -0.603. The highest BCUT2D eigenvalue weighted by molar-refractivity contribution is 6.89. The van der Waals surface area contributed by atoms with Gasteiger partial charge in [-0.15, -0.1) is 0 Å². The molecule has 0 radical (unpaired) electrons. The van der Waals surface area contributed by atoms with Gasteiger partial charge in [-0.1, -0.05) is 49.1 Å². The van der Waals surface area contributed by atoms with Crippen LogP contribution in [0.4, 0.5) is 0 Å². The highest BCUT2D eigenvalue weighted by atomic mass is 28.3. The van der Waals surface area contributed by atoms with Crippen molar-refractivity contribution in [2.75, 3.05) is 14.1 Å². The lowest BCUT2D eigenvalue weighted by Crippen LogP contribution is -2.41. The molecule has 0 fully saturated rings. The van der Waals surface area contributed by atoms with Gasteiger partial charge < -0.3 is 4.90 Å². The molecule has 1 aromatic rings. The van der Waals surface area contributed by atoms with Gasteiger partial charge in [0.05, 0.1) is 8.07 Å². The number of hydrogen-bond donors (Lipinski definition) is 0. The monoisotopic (exact) mass is 221 g/mol. The molecule has 0 spiro atoms. The lowest BCUT2D eigenvalue weighted by Gasteiger charge is -2.27. The summed E-state index contributed by atoms with van der Waals surface area (Å²) in [5, 5.41) is 1.59. The van der Waals surface area contributed by atoms with Gasteiger partial charge in [0.1, 0.15) is 0 Å². The van der Waals surface area contributed by atoms with Crippen molar-refractivity contribution in [2.45, 2.75) is 32.6 Å². The first kappa shape index (κ1) is 12.5. The second kappa shape index (κ2) is 4.50. The van der Waals surface area contributed by atoms with Crippen molar-refractivity contribution < 1.29 is 0 Å². The summed E-state index contributed by atoms with van der Waals surface area (Å²) in [4.78, 5) is 2.28. The van der Waals surface area contributed by atoms with E-state index in [1.54, 1.807) is 5.19 Å². The zero-order chi connectivity index (χ0) is 11.6. The Bertz CT molecular complexity index is 326. The first-order valence-corrected chi connectivity index (χ1v) is 9.10. The van der Waals surface area contributed by atoms with Crippen LogP contribution >= 0.6 is 0 Å². The van der Waals surface area contributed by atoms with Crippen LogP contribution in [0, 0.1) is 0 Å². The van der Waals surface area contributed by atoms with Crippen LogP contribution in [0.2, 0.25) is 19.6 Å². The minimum atomic E-state index is -1.21. The van der Waals surface area contributed by atoms with Gasteiger partial charge in [0, 0.05) is 6.04 Å². The predicted octanol–water partition coefficient (Wildman–Crippen LogP) is 2.85. The van der Waals surface area contributed by atoms with E-state index in [1.165, 1.54) is 5.56 Å². The van der Waals surface area contributed by atoms with Crippen molar-refractivity contribution >= 4 is 13.3 Å². The predicted molar refractivity (Wildman–Crippen MR) is 71.5 cm³/mol. The molecular weight excluding hydrogens is 198 g/mol. The average Bonchev–Trinajstić information content (AvgIpc) is 2.15. The molecule has 84 valence electrons. The summed E-state index contributed by atoms with van der Waals surface area (Å²) in [5.41, 5.74) is 1.50. The van der Waals surface area contributed by atoms with Crippen LogP contribution in [0.5, 0.6) is 0 Å². The van der Waals surface area contributed by atoms with E-state index in [0.29, 0.717) is 6.04 Å². The SMILES string of the molecule is CC(c1ccccc1[Si](C)(C)C)N(C)C. The molecule has 0 aliphatic rings. The van der Waals surface area contributed by atoms with Crippen molar-refractivity contribution in [1.82, 2.24) is 4.90 Å². The first-order chi connectivity index (χ1) is 6.84. The van der Waals surface area contributed by atoms with Crippen LogP contribution in [0.15, 0.2) is 24.3 Å². The molecule has 15 heavy (non-hydrogen) atoms. The number of rotatable bonds is 3. The number of nitrogens with zero attached hydrogens (tertiary/aromatic N) is 1. The van der Waals surface area contributed by atoms with Gasteiger partial charge in [-0.25, -0.2) is 0 Å². The van der Waals surface area contributed by atoms with Gasteiger partial charge in [-0.3, -0.25) is 0 Å². The molecule has 0 aliphatic heterocycles. The van der Waals surface area contributed by atoms with Crippen molar-refractivity contribution in [3.63, 3.8) is 0 Å². The van der Waals surface area contributed by atoms with E-state index in [4.69, 9.17) is 0 Å². The molecular formula is C13H23NSi. The zero-order valence-corrected chi connectivity index (χ0v) is 11.8. The summed E-state index contributed by atoms with van der Waals surface area (Å²) in [5.74, 6) is 0. The van der Waals surface area contributed by atoms with Crippen LogP contribution in [0.3, 0.4) is 0 Å². The van der Waals surface area contributed by atoms with Gasteiger partial charge in [0.15, 0.2) is 0 Å². The minimum absolute atomic E-state index is 0.507. The molecule has 0 aromatic heterocycles. The third kappa shape index (κ3) is 2.92. The average molecular weight is 221 g/mol. The van der Waals surface area contributed by atoms with Crippen molar-refractivity contribution in [1.29, 1.82) is 0 Å². The molecule has 0 heterocycles. The number of benzene rings is 1. The smallest absolute Gasteiger partial charge is 0.0780 e. The maximum absolute atomic E-state index is 2.41. The summed E-state index contributed by atoms with van der Waals surface area (Å²) in [6.07, 6.45) is 0. The Balaban J connectivity index is 3.18. The molecule has 1 nitrogen and oxygen atoms in total. The fourth-order valence-corrected chi connectivity index (χ4v) is 3.58. The van der Waals surface area contributed by atoms with E-state index in [2.05, 4.69) is 69.8 Å². The zero-order valence-electron chi connectivity index (χ0n) is 10.8. The van der Waals surface area contributed by atoms with Gasteiger partial charge in [-0.05, 0) is 26.6 Å². The Labute approximate surface area is 95.1 Å². The fourth-order valence-electron chi connectivity index (χ4n) is 1.82. The molecule has 0 N–H and O–H groups in total. The maximum Gasteiger partial charge on any atom is 0.0780 e. The molecule has 0 saturated heterocycles. The highest BCUT2D eigenvalue weighted by Gasteiger charge is 2.22. The van der Waals surface area contributed by atoms with Crippen LogP contribution < -0.4 is 5.19 Å². The Morgan fingerprint density at radius 2 is 1.60 bits per heavy atom. The summed E-state index contributed by atoms with van der Waals surface area (Å²) in [6, 6.07) is 9.41. The lowest BCUT2D eigenvalue weighted by molar-refractivity contribution is 0.322. The van der Waals surface area contributed by atoms with Gasteiger partial charge in [-0.2, -0.15) is 0 Å². The van der Waals surface area contributed by atoms with E-state index in [-0.39, 0.29) is 0 Å². The number of hydrogen-bond acceptors (Lipinski definition) is 1. The molecule has 2 heteroatoms. The molecule has 1 rings (SSSR count). The van der Waals surface area contributed by atoms with Gasteiger partial charge >= 0.3 is 0 Å². The van der Waals surface area contributed by atoms with Gasteiger partial charge in [0.2, 0.25) is 0 Å². The largest absolute Gasteiger partial charge is 0.303 e. The summed E-state index contributed by atoms with van der Waals surface area (Å²) in [6.45, 7) is 9.51. The molecule has 1 atom stereocenters. The maximum atomic E-state index is 2.41. The van der Waals surface area contributed by atoms with Crippen molar-refractivity contribution in [2.24, 2.45) is 0 Å². The van der Waals surface area contributed by atoms with Crippen LogP contribution in [0.25, 0.3) is 0 Å². The molecule has 1 aromatic carbocycles. The van der Waals surface area contributed by atoms with Gasteiger partial charge in [0.25, 0.3) is 0 Å². The highest BCUT2D eigenvalue weighted by Crippen LogP contribution is 2.18. The van der Waals surface area contributed by atoms with Crippen LogP contribution in [0.1, 0.15) is 18.5 Å². The Kier molecular flexibility index (Phi) is 3.74. The first-order valence-electron chi connectivity index (χ1n) is 5.60. The topological polar surface area (TPSA) is 3.24 Å². The third-order valence-corrected chi connectivity index (χ3v) is 5.06. The molecule has 1 unspecified atom stereocenters. The quantitative estimate of drug-likeness (QED) is 0.710. The minimum Gasteiger partial charge on any atom is -0.303 e. The lowest BCUT2D eigenvalue weighted by atomic mass is 10.1. The van der Waals surface area contributed by atoms with Crippen molar-refractivity contribution in [3.8, 4) is 0 Å². The summed E-state index contributed by atoms with van der Waals surface area (Å²) in [7, 11) is 3.08. The molecule has 0 amide bonds. The summed E-state index contributed by atoms with van der Waals surface area (Å²) >= 11 is 0. The van der Waals surface area contributed by atoms with E-state index in [1.807, 2.05) is 0 Å². The van der Waals surface area contributed by atoms with E-state index in [9.17, 15) is 0 Å². The van der Waals surface area contributed by atoms with E-state index in [0.717, 1.165) is 0 Å². The Morgan fingerprint density at radius 1 is 1.07 bits per heavy atom. The summed E-state index contributed by atoms with van der Waals surface area (Å²) < 4.78 is 0. The van der Waals surface area contributed by atoms with Crippen LogP contribution in [-0.2, 0) is 0 Å². The van der Waals surface area contributed by atoms with E-state index < -0.39 is 8.07 Å².